The minimum absolute atomic E-state index is 0.0223. The molecule has 0 saturated carbocycles. The van der Waals surface area contributed by atoms with Gasteiger partial charge in [-0.15, -0.1) is 0 Å². The molecule has 0 bridgehead atoms. The summed E-state index contributed by atoms with van der Waals surface area (Å²) in [6.07, 6.45) is 1.61. The van der Waals surface area contributed by atoms with E-state index >= 15 is 0 Å². The normalized spacial score (nSPS) is 28.5. The molecule has 1 saturated heterocycles. The number of carbonyl (C=O) groups is 1. The fraction of sp³-hybridized carbons (Fsp3) is 0.909. The highest BCUT2D eigenvalue weighted by Gasteiger charge is 2.25. The van der Waals surface area contributed by atoms with Gasteiger partial charge in [0.25, 0.3) is 0 Å². The molecule has 4 heteroatoms. The van der Waals surface area contributed by atoms with E-state index in [1.807, 2.05) is 7.05 Å². The van der Waals surface area contributed by atoms with Crippen molar-refractivity contribution < 1.29 is 13.9 Å². The van der Waals surface area contributed by atoms with Crippen molar-refractivity contribution in [2.24, 2.45) is 5.92 Å². The van der Waals surface area contributed by atoms with Gasteiger partial charge >= 0.3 is 5.97 Å². The second-order valence-corrected chi connectivity index (χ2v) is 4.27. The second-order valence-electron chi connectivity index (χ2n) is 4.27. The lowest BCUT2D eigenvalue weighted by Gasteiger charge is -2.16. The fourth-order valence-electron chi connectivity index (χ4n) is 1.99. The average molecular weight is 217 g/mol. The monoisotopic (exact) mass is 217 g/mol. The Morgan fingerprint density at radius 3 is 2.80 bits per heavy atom. The Bertz CT molecular complexity index is 211. The maximum Gasteiger partial charge on any atom is 0.305 e. The van der Waals surface area contributed by atoms with Crippen molar-refractivity contribution in [1.82, 2.24) is 4.90 Å². The summed E-state index contributed by atoms with van der Waals surface area (Å²) in [5.41, 5.74) is 0. The number of carbonyl (C=O) groups excluding carboxylic acids is 1. The van der Waals surface area contributed by atoms with Gasteiger partial charge in [0.1, 0.15) is 6.17 Å². The number of nitrogens with zero attached hydrogens (tertiary/aromatic N) is 1. The van der Waals surface area contributed by atoms with Crippen LogP contribution >= 0.6 is 0 Å². The van der Waals surface area contributed by atoms with E-state index in [1.54, 1.807) is 0 Å². The Kier molecular flexibility index (Phi) is 5.02. The van der Waals surface area contributed by atoms with Gasteiger partial charge < -0.3 is 9.64 Å². The standard InChI is InChI=1S/C11H20FNO2/c1-13-7-5-9(10(12)6-8-13)3-4-11(14)15-2/h9-10H,3-8H2,1-2H3. The number of hydrogen-bond acceptors (Lipinski definition) is 3. The van der Waals surface area contributed by atoms with E-state index in [2.05, 4.69) is 9.64 Å². The van der Waals surface area contributed by atoms with Crippen molar-refractivity contribution in [1.29, 1.82) is 0 Å². The van der Waals surface area contributed by atoms with Crippen molar-refractivity contribution in [2.45, 2.75) is 31.9 Å². The van der Waals surface area contributed by atoms with Gasteiger partial charge in [-0.05, 0) is 38.8 Å². The van der Waals surface area contributed by atoms with Gasteiger partial charge in [-0.2, -0.15) is 0 Å². The molecule has 0 amide bonds. The van der Waals surface area contributed by atoms with Gasteiger partial charge in [0.05, 0.1) is 7.11 Å². The van der Waals surface area contributed by atoms with Gasteiger partial charge in [-0.1, -0.05) is 0 Å². The van der Waals surface area contributed by atoms with Crippen LogP contribution in [0.4, 0.5) is 4.39 Å². The molecule has 0 aromatic heterocycles. The topological polar surface area (TPSA) is 29.5 Å². The summed E-state index contributed by atoms with van der Waals surface area (Å²) in [4.78, 5) is 13.1. The van der Waals surface area contributed by atoms with Crippen LogP contribution in [0.25, 0.3) is 0 Å². The predicted octanol–water partition coefficient (Wildman–Crippen LogP) is 1.62. The van der Waals surface area contributed by atoms with Crippen LogP contribution in [0.1, 0.15) is 25.7 Å². The molecule has 1 aliphatic rings. The third kappa shape index (κ3) is 4.16. The molecular weight excluding hydrogens is 197 g/mol. The van der Waals surface area contributed by atoms with Crippen molar-refractivity contribution in [3.05, 3.63) is 0 Å². The number of alkyl halides is 1. The molecule has 1 fully saturated rings. The lowest BCUT2D eigenvalue weighted by atomic mass is 9.93. The maximum atomic E-state index is 13.7. The number of hydrogen-bond donors (Lipinski definition) is 0. The molecule has 0 aliphatic carbocycles. The largest absolute Gasteiger partial charge is 0.469 e. The summed E-state index contributed by atoms with van der Waals surface area (Å²) in [5, 5.41) is 0. The molecule has 0 aromatic rings. The zero-order valence-electron chi connectivity index (χ0n) is 9.54. The van der Waals surface area contributed by atoms with Crippen LogP contribution in [0.5, 0.6) is 0 Å². The quantitative estimate of drug-likeness (QED) is 0.673. The van der Waals surface area contributed by atoms with E-state index in [0.717, 1.165) is 19.5 Å². The first-order chi connectivity index (χ1) is 7.13. The summed E-state index contributed by atoms with van der Waals surface area (Å²) < 4.78 is 18.2. The van der Waals surface area contributed by atoms with E-state index in [4.69, 9.17) is 0 Å². The molecule has 0 radical (unpaired) electrons. The zero-order chi connectivity index (χ0) is 11.3. The van der Waals surface area contributed by atoms with Gasteiger partial charge in [0.2, 0.25) is 0 Å². The van der Waals surface area contributed by atoms with Crippen molar-refractivity contribution >= 4 is 5.97 Å². The van der Waals surface area contributed by atoms with Gasteiger partial charge in [-0.25, -0.2) is 4.39 Å². The Morgan fingerprint density at radius 1 is 1.47 bits per heavy atom. The summed E-state index contributed by atoms with van der Waals surface area (Å²) in [7, 11) is 3.38. The molecule has 2 unspecified atom stereocenters. The summed E-state index contributed by atoms with van der Waals surface area (Å²) in [6, 6.07) is 0. The minimum Gasteiger partial charge on any atom is -0.469 e. The Labute approximate surface area is 90.6 Å². The minimum atomic E-state index is -0.764. The lowest BCUT2D eigenvalue weighted by molar-refractivity contribution is -0.141. The van der Waals surface area contributed by atoms with Gasteiger partial charge in [-0.3, -0.25) is 4.79 Å². The number of ether oxygens (including phenoxy) is 1. The average Bonchev–Trinajstić information content (AvgIpc) is 2.39. The second kappa shape index (κ2) is 6.05. The first-order valence-electron chi connectivity index (χ1n) is 5.53. The Morgan fingerprint density at radius 2 is 2.13 bits per heavy atom. The first kappa shape index (κ1) is 12.4. The van der Waals surface area contributed by atoms with Crippen LogP contribution < -0.4 is 0 Å². The lowest BCUT2D eigenvalue weighted by Crippen LogP contribution is -2.19. The van der Waals surface area contributed by atoms with E-state index in [9.17, 15) is 9.18 Å². The van der Waals surface area contributed by atoms with Crippen molar-refractivity contribution in [3.8, 4) is 0 Å². The number of esters is 1. The molecule has 1 rings (SSSR count). The van der Waals surface area contributed by atoms with E-state index in [0.29, 0.717) is 19.3 Å². The molecule has 15 heavy (non-hydrogen) atoms. The highest BCUT2D eigenvalue weighted by Crippen LogP contribution is 2.24. The molecular formula is C11H20FNO2. The summed E-state index contributed by atoms with van der Waals surface area (Å²) in [5.74, 6) is -0.214. The smallest absolute Gasteiger partial charge is 0.305 e. The molecule has 1 aliphatic heterocycles. The molecule has 0 spiro atoms. The van der Waals surface area contributed by atoms with Crippen LogP contribution in [-0.2, 0) is 9.53 Å². The van der Waals surface area contributed by atoms with Crippen molar-refractivity contribution in [3.63, 3.8) is 0 Å². The van der Waals surface area contributed by atoms with Crippen LogP contribution in [0.3, 0.4) is 0 Å². The van der Waals surface area contributed by atoms with Crippen LogP contribution in [0, 0.1) is 5.92 Å². The van der Waals surface area contributed by atoms with Crippen molar-refractivity contribution in [2.75, 3.05) is 27.2 Å². The Hall–Kier alpha value is -0.640. The molecule has 88 valence electrons. The van der Waals surface area contributed by atoms with Crippen LogP contribution in [0.15, 0.2) is 0 Å². The molecule has 0 aromatic carbocycles. The highest BCUT2D eigenvalue weighted by atomic mass is 19.1. The summed E-state index contributed by atoms with van der Waals surface area (Å²) in [6.45, 7) is 1.74. The first-order valence-corrected chi connectivity index (χ1v) is 5.53. The predicted molar refractivity (Wildman–Crippen MR) is 56.4 cm³/mol. The molecule has 0 N–H and O–H groups in total. The SMILES string of the molecule is COC(=O)CCC1CCN(C)CCC1F. The molecule has 2 atom stereocenters. The highest BCUT2D eigenvalue weighted by molar-refractivity contribution is 5.69. The van der Waals surface area contributed by atoms with Gasteiger partial charge in [0, 0.05) is 13.0 Å². The number of rotatable bonds is 3. The molecule has 1 heterocycles. The Balaban J connectivity index is 2.35. The number of methoxy groups -OCH3 is 1. The van der Waals surface area contributed by atoms with Gasteiger partial charge in [0.15, 0.2) is 0 Å². The maximum absolute atomic E-state index is 13.7. The van der Waals surface area contributed by atoms with E-state index < -0.39 is 6.17 Å². The van der Waals surface area contributed by atoms with Crippen LogP contribution in [-0.4, -0.2) is 44.3 Å². The number of likely N-dealkylation sites (tertiary alicyclic amines) is 1. The molecule has 3 nitrogen and oxygen atoms in total. The van der Waals surface area contributed by atoms with Crippen LogP contribution in [0.2, 0.25) is 0 Å². The number of halogens is 1. The van der Waals surface area contributed by atoms with E-state index in [1.165, 1.54) is 7.11 Å². The fourth-order valence-corrected chi connectivity index (χ4v) is 1.99. The third-order valence-electron chi connectivity index (χ3n) is 3.13. The zero-order valence-corrected chi connectivity index (χ0v) is 9.54. The summed E-state index contributed by atoms with van der Waals surface area (Å²) >= 11 is 0. The third-order valence-corrected chi connectivity index (χ3v) is 3.13. The van der Waals surface area contributed by atoms with E-state index in [-0.39, 0.29) is 11.9 Å².